The van der Waals surface area contributed by atoms with Crippen LogP contribution >= 0.6 is 11.3 Å². The van der Waals surface area contributed by atoms with Crippen molar-refractivity contribution in [1.29, 1.82) is 0 Å². The van der Waals surface area contributed by atoms with Gasteiger partial charge in [0.2, 0.25) is 5.91 Å². The summed E-state index contributed by atoms with van der Waals surface area (Å²) in [4.78, 5) is 16.6. The molecule has 0 spiro atoms. The Morgan fingerprint density at radius 3 is 2.97 bits per heavy atom. The summed E-state index contributed by atoms with van der Waals surface area (Å²) in [5.74, 6) is 1.96. The maximum Gasteiger partial charge on any atom is 0.244 e. The minimum atomic E-state index is -0.219. The topological polar surface area (TPSA) is 69.7 Å². The first kappa shape index (κ1) is 20.0. The molecule has 0 aliphatic carbocycles. The number of carbonyl (C=O) groups is 1. The van der Waals surface area contributed by atoms with Gasteiger partial charge in [0.15, 0.2) is 11.5 Å². The molecule has 1 unspecified atom stereocenters. The van der Waals surface area contributed by atoms with Crippen LogP contribution < -0.4 is 19.5 Å². The van der Waals surface area contributed by atoms with Crippen molar-refractivity contribution in [3.63, 3.8) is 0 Å². The molecule has 2 heterocycles. The Hall–Kier alpha value is -3.32. The highest BCUT2D eigenvalue weighted by molar-refractivity contribution is 7.09. The maximum absolute atomic E-state index is 12.2. The Bertz CT molecular complexity index is 1050. The first-order chi connectivity index (χ1) is 14.7. The van der Waals surface area contributed by atoms with Crippen molar-refractivity contribution in [2.45, 2.75) is 19.6 Å². The van der Waals surface area contributed by atoms with Crippen LogP contribution in [0.25, 0.3) is 6.08 Å². The van der Waals surface area contributed by atoms with Gasteiger partial charge in [0.1, 0.15) is 25.1 Å². The second-order valence-corrected chi connectivity index (χ2v) is 7.86. The molecule has 4 rings (SSSR count). The number of thiazole rings is 1. The van der Waals surface area contributed by atoms with Crippen LogP contribution in [0.5, 0.6) is 17.2 Å². The van der Waals surface area contributed by atoms with Gasteiger partial charge in [-0.25, -0.2) is 4.98 Å². The van der Waals surface area contributed by atoms with Gasteiger partial charge in [-0.15, -0.1) is 11.3 Å². The van der Waals surface area contributed by atoms with E-state index in [-0.39, 0.29) is 12.0 Å². The van der Waals surface area contributed by atoms with Crippen molar-refractivity contribution in [3.05, 3.63) is 76.3 Å². The fraction of sp³-hybridized carbons (Fsp3) is 0.217. The van der Waals surface area contributed by atoms with E-state index in [1.165, 1.54) is 6.08 Å². The average Bonchev–Trinajstić information content (AvgIpc) is 3.20. The second-order valence-electron chi connectivity index (χ2n) is 6.80. The van der Waals surface area contributed by atoms with E-state index in [1.807, 2.05) is 60.8 Å². The molecular formula is C23H22N2O4S. The van der Waals surface area contributed by atoms with Gasteiger partial charge in [0.25, 0.3) is 0 Å². The van der Waals surface area contributed by atoms with Gasteiger partial charge < -0.3 is 19.5 Å². The number of nitrogens with one attached hydrogen (secondary N) is 1. The number of amides is 1. The van der Waals surface area contributed by atoms with E-state index in [9.17, 15) is 4.79 Å². The first-order valence-corrected chi connectivity index (χ1v) is 10.5. The van der Waals surface area contributed by atoms with E-state index in [0.29, 0.717) is 25.5 Å². The number of benzene rings is 2. The van der Waals surface area contributed by atoms with Crippen molar-refractivity contribution in [1.82, 2.24) is 10.3 Å². The van der Waals surface area contributed by atoms with Gasteiger partial charge >= 0.3 is 0 Å². The zero-order chi connectivity index (χ0) is 20.8. The summed E-state index contributed by atoms with van der Waals surface area (Å²) in [6.07, 6.45) is 3.03. The number of para-hydroxylation sites is 2. The molecule has 7 heteroatoms. The van der Waals surface area contributed by atoms with Gasteiger partial charge in [-0.1, -0.05) is 24.3 Å². The predicted molar refractivity (Wildman–Crippen MR) is 116 cm³/mol. The molecule has 1 aliphatic rings. The molecule has 3 aromatic rings. The zero-order valence-corrected chi connectivity index (χ0v) is 17.4. The second kappa shape index (κ2) is 9.45. The number of nitrogens with zero attached hydrogens (tertiary/aromatic N) is 1. The molecule has 0 saturated carbocycles. The SMILES string of the molecule is Cc1nc(COc2cccc(C=CC(=O)NCC3COc4ccccc4O3)c2)cs1. The van der Waals surface area contributed by atoms with Crippen molar-refractivity contribution in [2.24, 2.45) is 0 Å². The smallest absolute Gasteiger partial charge is 0.244 e. The van der Waals surface area contributed by atoms with Gasteiger partial charge in [-0.05, 0) is 42.8 Å². The van der Waals surface area contributed by atoms with E-state index in [4.69, 9.17) is 14.2 Å². The summed E-state index contributed by atoms with van der Waals surface area (Å²) in [6, 6.07) is 15.1. The van der Waals surface area contributed by atoms with Crippen molar-refractivity contribution in [3.8, 4) is 17.2 Å². The number of aromatic nitrogens is 1. The highest BCUT2D eigenvalue weighted by Gasteiger charge is 2.20. The molecule has 0 fully saturated rings. The number of hydrogen-bond donors (Lipinski definition) is 1. The van der Waals surface area contributed by atoms with Crippen molar-refractivity contribution in [2.75, 3.05) is 13.2 Å². The number of rotatable bonds is 7. The lowest BCUT2D eigenvalue weighted by Gasteiger charge is -2.26. The Kier molecular flexibility index (Phi) is 6.29. The Morgan fingerprint density at radius 2 is 2.13 bits per heavy atom. The van der Waals surface area contributed by atoms with Crippen molar-refractivity contribution >= 4 is 23.3 Å². The maximum atomic E-state index is 12.2. The van der Waals surface area contributed by atoms with E-state index in [1.54, 1.807) is 17.4 Å². The highest BCUT2D eigenvalue weighted by Crippen LogP contribution is 2.30. The molecule has 154 valence electrons. The Balaban J connectivity index is 1.26. The van der Waals surface area contributed by atoms with Gasteiger partial charge in [0.05, 0.1) is 17.2 Å². The fourth-order valence-corrected chi connectivity index (χ4v) is 3.55. The van der Waals surface area contributed by atoms with Crippen LogP contribution in [0, 0.1) is 6.92 Å². The molecule has 1 atom stereocenters. The van der Waals surface area contributed by atoms with Crippen LogP contribution in [-0.4, -0.2) is 30.1 Å². The van der Waals surface area contributed by atoms with Gasteiger partial charge in [-0.3, -0.25) is 4.79 Å². The third-order valence-electron chi connectivity index (χ3n) is 4.41. The third kappa shape index (κ3) is 5.39. The molecule has 1 N–H and O–H groups in total. The van der Waals surface area contributed by atoms with Crippen LogP contribution in [0.4, 0.5) is 0 Å². The van der Waals surface area contributed by atoms with Crippen molar-refractivity contribution < 1.29 is 19.0 Å². The van der Waals surface area contributed by atoms with Crippen LogP contribution in [-0.2, 0) is 11.4 Å². The summed E-state index contributed by atoms with van der Waals surface area (Å²) in [5, 5.41) is 5.86. The minimum absolute atomic E-state index is 0.193. The number of fused-ring (bicyclic) bond motifs is 1. The van der Waals surface area contributed by atoms with Crippen LogP contribution in [0.15, 0.2) is 60.0 Å². The molecule has 0 saturated heterocycles. The number of carbonyl (C=O) groups excluding carboxylic acids is 1. The minimum Gasteiger partial charge on any atom is -0.487 e. The molecule has 0 radical (unpaired) electrons. The molecule has 1 aliphatic heterocycles. The van der Waals surface area contributed by atoms with Gasteiger partial charge in [-0.2, -0.15) is 0 Å². The summed E-state index contributed by atoms with van der Waals surface area (Å²) < 4.78 is 17.3. The van der Waals surface area contributed by atoms with Crippen LogP contribution in [0.2, 0.25) is 0 Å². The normalized spacial score (nSPS) is 15.2. The molecule has 0 bridgehead atoms. The summed E-state index contributed by atoms with van der Waals surface area (Å²) >= 11 is 1.60. The monoisotopic (exact) mass is 422 g/mol. The van der Waals surface area contributed by atoms with Gasteiger partial charge in [0, 0.05) is 11.5 Å². The number of aryl methyl sites for hydroxylation is 1. The average molecular weight is 423 g/mol. The quantitative estimate of drug-likeness (QED) is 0.583. The molecule has 1 amide bonds. The molecule has 30 heavy (non-hydrogen) atoms. The lowest BCUT2D eigenvalue weighted by molar-refractivity contribution is -0.116. The fourth-order valence-electron chi connectivity index (χ4n) is 2.95. The zero-order valence-electron chi connectivity index (χ0n) is 16.5. The van der Waals surface area contributed by atoms with E-state index < -0.39 is 0 Å². The lowest BCUT2D eigenvalue weighted by atomic mass is 10.2. The highest BCUT2D eigenvalue weighted by atomic mass is 32.1. The predicted octanol–water partition coefficient (Wildman–Crippen LogP) is 4.00. The summed E-state index contributed by atoms with van der Waals surface area (Å²) in [5.41, 5.74) is 1.79. The van der Waals surface area contributed by atoms with Crippen LogP contribution in [0.3, 0.4) is 0 Å². The summed E-state index contributed by atoms with van der Waals surface area (Å²) in [6.45, 7) is 3.16. The van der Waals surface area contributed by atoms with E-state index >= 15 is 0 Å². The lowest BCUT2D eigenvalue weighted by Crippen LogP contribution is -2.40. The Labute approximate surface area is 179 Å². The third-order valence-corrected chi connectivity index (χ3v) is 5.23. The van der Waals surface area contributed by atoms with E-state index in [0.717, 1.165) is 27.8 Å². The standard InChI is InChI=1S/C23H22N2O4S/c1-16-25-18(15-30-16)13-27-19-6-4-5-17(11-19)9-10-23(26)24-12-20-14-28-21-7-2-3-8-22(21)29-20/h2-11,15,20H,12-14H2,1H3,(H,24,26). The summed E-state index contributed by atoms with van der Waals surface area (Å²) in [7, 11) is 0. The van der Waals surface area contributed by atoms with Crippen LogP contribution in [0.1, 0.15) is 16.3 Å². The molecule has 6 nitrogen and oxygen atoms in total. The molecular weight excluding hydrogens is 400 g/mol. The number of ether oxygens (including phenoxy) is 3. The largest absolute Gasteiger partial charge is 0.487 e. The molecule has 1 aromatic heterocycles. The Morgan fingerprint density at radius 1 is 1.27 bits per heavy atom. The number of hydrogen-bond acceptors (Lipinski definition) is 6. The molecule has 2 aromatic carbocycles. The first-order valence-electron chi connectivity index (χ1n) is 9.64. The van der Waals surface area contributed by atoms with E-state index in [2.05, 4.69) is 10.3 Å².